The number of anilines is 1. The monoisotopic (exact) mass is 703 g/mol. The van der Waals surface area contributed by atoms with Crippen LogP contribution >= 0.6 is 0 Å². The van der Waals surface area contributed by atoms with Crippen molar-refractivity contribution in [2.75, 3.05) is 45.8 Å². The van der Waals surface area contributed by atoms with Crippen LogP contribution in [0.5, 0.6) is 23.0 Å². The molecule has 1 unspecified atom stereocenters. The van der Waals surface area contributed by atoms with E-state index in [9.17, 15) is 18.0 Å². The smallest absolute Gasteiger partial charge is 0.265 e. The number of carbonyl (C=O) groups is 2. The first-order chi connectivity index (χ1) is 24.1. The Morgan fingerprint density at radius 3 is 2.04 bits per heavy atom. The largest absolute Gasteiger partial charge is 0.497 e. The minimum Gasteiger partial charge on any atom is -0.497 e. The fourth-order valence-corrected chi connectivity index (χ4v) is 6.85. The lowest BCUT2D eigenvalue weighted by atomic mass is 10.0. The topological polar surface area (TPSA) is 124 Å². The van der Waals surface area contributed by atoms with Crippen molar-refractivity contribution in [1.29, 1.82) is 0 Å². The molecule has 0 radical (unpaired) electrons. The van der Waals surface area contributed by atoms with E-state index in [4.69, 9.17) is 18.9 Å². The molecule has 0 aliphatic rings. The lowest BCUT2D eigenvalue weighted by molar-refractivity contribution is -0.140. The van der Waals surface area contributed by atoms with Crippen molar-refractivity contribution in [3.05, 3.63) is 108 Å². The Balaban J connectivity index is 1.89. The molecule has 1 N–H and O–H groups in total. The van der Waals surface area contributed by atoms with Crippen molar-refractivity contribution in [2.45, 2.75) is 44.2 Å². The molecule has 4 aromatic carbocycles. The van der Waals surface area contributed by atoms with Crippen molar-refractivity contribution in [2.24, 2.45) is 0 Å². The molecule has 0 spiro atoms. The van der Waals surface area contributed by atoms with Gasteiger partial charge in [-0.1, -0.05) is 67.1 Å². The van der Waals surface area contributed by atoms with Gasteiger partial charge >= 0.3 is 0 Å². The first-order valence-electron chi connectivity index (χ1n) is 16.2. The van der Waals surface area contributed by atoms with Gasteiger partial charge in [0.05, 0.1) is 39.0 Å². The summed E-state index contributed by atoms with van der Waals surface area (Å²) < 4.78 is 52.0. The quantitative estimate of drug-likeness (QED) is 0.155. The average molecular weight is 704 g/mol. The van der Waals surface area contributed by atoms with Crippen molar-refractivity contribution in [3.63, 3.8) is 0 Å². The summed E-state index contributed by atoms with van der Waals surface area (Å²) in [7, 11) is 1.23. The van der Waals surface area contributed by atoms with Gasteiger partial charge in [0.15, 0.2) is 11.5 Å². The van der Waals surface area contributed by atoms with Gasteiger partial charge in [0.2, 0.25) is 11.8 Å². The summed E-state index contributed by atoms with van der Waals surface area (Å²) in [4.78, 5) is 30.0. The molecule has 0 aliphatic heterocycles. The zero-order valence-corrected chi connectivity index (χ0v) is 30.2. The summed E-state index contributed by atoms with van der Waals surface area (Å²) in [5, 5.41) is 2.95. The summed E-state index contributed by atoms with van der Waals surface area (Å²) in [5.41, 5.74) is 2.72. The molecule has 12 heteroatoms. The molecule has 0 heterocycles. The highest BCUT2D eigenvalue weighted by molar-refractivity contribution is 7.92. The predicted molar refractivity (Wildman–Crippen MR) is 193 cm³/mol. The molecule has 266 valence electrons. The number of sulfonamides is 1. The highest BCUT2D eigenvalue weighted by Crippen LogP contribution is 2.38. The normalized spacial score (nSPS) is 11.6. The average Bonchev–Trinajstić information content (AvgIpc) is 3.14. The number of nitrogens with one attached hydrogen (secondary N) is 1. The minimum atomic E-state index is -4.48. The fraction of sp³-hybridized carbons (Fsp3) is 0.316. The van der Waals surface area contributed by atoms with E-state index in [0.29, 0.717) is 24.5 Å². The number of nitrogens with zero attached hydrogens (tertiary/aromatic N) is 2. The van der Waals surface area contributed by atoms with Gasteiger partial charge in [-0.05, 0) is 48.7 Å². The summed E-state index contributed by atoms with van der Waals surface area (Å²) in [6.45, 7) is 3.70. The second kappa shape index (κ2) is 17.4. The summed E-state index contributed by atoms with van der Waals surface area (Å²) >= 11 is 0. The van der Waals surface area contributed by atoms with E-state index in [-0.39, 0.29) is 41.0 Å². The Kier molecular flexibility index (Phi) is 13.1. The van der Waals surface area contributed by atoms with E-state index in [1.54, 1.807) is 12.1 Å². The molecule has 4 rings (SSSR count). The van der Waals surface area contributed by atoms with Gasteiger partial charge in [0, 0.05) is 31.6 Å². The van der Waals surface area contributed by atoms with Crippen LogP contribution in [-0.4, -0.2) is 72.7 Å². The molecule has 0 aliphatic carbocycles. The molecule has 2 amide bonds. The van der Waals surface area contributed by atoms with Crippen molar-refractivity contribution < 1.29 is 37.0 Å². The molecule has 0 saturated heterocycles. The second-order valence-corrected chi connectivity index (χ2v) is 13.4. The maximum absolute atomic E-state index is 14.8. The third kappa shape index (κ3) is 9.06. The van der Waals surface area contributed by atoms with Gasteiger partial charge in [0.25, 0.3) is 10.0 Å². The van der Waals surface area contributed by atoms with Crippen LogP contribution in [0.15, 0.2) is 95.9 Å². The molecular formula is C38H45N3O8S. The first-order valence-corrected chi connectivity index (χ1v) is 17.6. The zero-order valence-electron chi connectivity index (χ0n) is 29.3. The Morgan fingerprint density at radius 1 is 0.760 bits per heavy atom. The highest BCUT2D eigenvalue weighted by Gasteiger charge is 2.36. The molecule has 0 saturated carbocycles. The molecule has 0 fully saturated rings. The van der Waals surface area contributed by atoms with Gasteiger partial charge in [-0.25, -0.2) is 8.42 Å². The number of carbonyl (C=O) groups excluding carboxylic acids is 2. The van der Waals surface area contributed by atoms with Crippen LogP contribution in [0.3, 0.4) is 0 Å². The molecule has 50 heavy (non-hydrogen) atoms. The van der Waals surface area contributed by atoms with E-state index >= 15 is 0 Å². The van der Waals surface area contributed by atoms with E-state index in [0.717, 1.165) is 21.0 Å². The lowest BCUT2D eigenvalue weighted by Gasteiger charge is -2.34. The van der Waals surface area contributed by atoms with E-state index in [1.165, 1.54) is 57.6 Å². The molecule has 11 nitrogen and oxygen atoms in total. The summed E-state index contributed by atoms with van der Waals surface area (Å²) in [6.07, 6.45) is 0.904. The minimum absolute atomic E-state index is 0.0512. The third-order valence-electron chi connectivity index (χ3n) is 8.17. The van der Waals surface area contributed by atoms with Crippen LogP contribution in [0.1, 0.15) is 30.0 Å². The van der Waals surface area contributed by atoms with Gasteiger partial charge in [-0.2, -0.15) is 0 Å². The number of hydrogen-bond acceptors (Lipinski definition) is 8. The molecule has 0 aromatic heterocycles. The number of aryl methyl sites for hydroxylation is 1. The van der Waals surface area contributed by atoms with Crippen LogP contribution in [0, 0.1) is 6.92 Å². The Bertz CT molecular complexity index is 1850. The first kappa shape index (κ1) is 37.6. The maximum atomic E-state index is 14.8. The molecule has 0 bridgehead atoms. The number of rotatable bonds is 17. The van der Waals surface area contributed by atoms with Crippen LogP contribution in [-0.2, 0) is 32.6 Å². The summed E-state index contributed by atoms with van der Waals surface area (Å²) in [6, 6.07) is 24.9. The van der Waals surface area contributed by atoms with Gasteiger partial charge in [-0.3, -0.25) is 13.9 Å². The standard InChI is InChI=1S/C38H45N3O8S/c1-7-21-39-38(43)33(22-28-11-9-8-10-12-28)40(25-29-15-13-27(2)14-16-29)37(42)26-41(32-23-30(46-3)17-19-34(32)47-4)50(44,45)31-18-20-35(48-5)36(24-31)49-6/h8-20,23-24,33H,7,21-22,25-26H2,1-6H3,(H,39,43). The Hall–Kier alpha value is -5.23. The number of hydrogen-bond donors (Lipinski definition) is 1. The third-order valence-corrected chi connectivity index (χ3v) is 9.93. The van der Waals surface area contributed by atoms with E-state index in [1.807, 2.05) is 68.4 Å². The number of ether oxygens (including phenoxy) is 4. The summed E-state index contributed by atoms with van der Waals surface area (Å²) in [5.74, 6) is 0.108. The van der Waals surface area contributed by atoms with Crippen LogP contribution in [0.2, 0.25) is 0 Å². The molecule has 1 atom stereocenters. The number of methoxy groups -OCH3 is 4. The van der Waals surface area contributed by atoms with Crippen molar-refractivity contribution >= 4 is 27.5 Å². The lowest BCUT2D eigenvalue weighted by Crippen LogP contribution is -2.53. The Labute approximate surface area is 294 Å². The number of benzene rings is 4. The molecule has 4 aromatic rings. The fourth-order valence-electron chi connectivity index (χ4n) is 5.42. The van der Waals surface area contributed by atoms with Crippen LogP contribution in [0.4, 0.5) is 5.69 Å². The van der Waals surface area contributed by atoms with Gasteiger partial charge in [-0.15, -0.1) is 0 Å². The molecular weight excluding hydrogens is 658 g/mol. The van der Waals surface area contributed by atoms with Crippen molar-refractivity contribution in [3.8, 4) is 23.0 Å². The van der Waals surface area contributed by atoms with Gasteiger partial charge < -0.3 is 29.2 Å². The van der Waals surface area contributed by atoms with Crippen molar-refractivity contribution in [1.82, 2.24) is 10.2 Å². The number of amides is 2. The predicted octanol–water partition coefficient (Wildman–Crippen LogP) is 5.39. The van der Waals surface area contributed by atoms with Gasteiger partial charge in [0.1, 0.15) is 24.1 Å². The van der Waals surface area contributed by atoms with E-state index in [2.05, 4.69) is 5.32 Å². The highest BCUT2D eigenvalue weighted by atomic mass is 32.2. The second-order valence-electron chi connectivity index (χ2n) is 11.6. The SMILES string of the molecule is CCCNC(=O)C(Cc1ccccc1)N(Cc1ccc(C)cc1)C(=O)CN(c1cc(OC)ccc1OC)S(=O)(=O)c1ccc(OC)c(OC)c1. The zero-order chi connectivity index (χ0) is 36.3. The van der Waals surface area contributed by atoms with Crippen LogP contribution < -0.4 is 28.6 Å². The van der Waals surface area contributed by atoms with Crippen LogP contribution in [0.25, 0.3) is 0 Å². The van der Waals surface area contributed by atoms with E-state index < -0.39 is 28.5 Å². The maximum Gasteiger partial charge on any atom is 0.265 e. The Morgan fingerprint density at radius 2 is 1.42 bits per heavy atom.